The zero-order chi connectivity index (χ0) is 22.2. The minimum atomic E-state index is -0.991. The van der Waals surface area contributed by atoms with Gasteiger partial charge >= 0.3 is 11.9 Å². The number of carboxylic acid groups (broad SMARTS) is 2. The van der Waals surface area contributed by atoms with Crippen LogP contribution in [0.4, 0.5) is 0 Å². The Bertz CT molecular complexity index is 1120. The van der Waals surface area contributed by atoms with Gasteiger partial charge in [0.2, 0.25) is 0 Å². The number of nitrogens with one attached hydrogen (secondary N) is 1. The van der Waals surface area contributed by atoms with Gasteiger partial charge in [0, 0.05) is 29.0 Å². The molecule has 162 valence electrons. The molecule has 0 saturated heterocycles. The van der Waals surface area contributed by atoms with Crippen LogP contribution in [0.1, 0.15) is 34.9 Å². The van der Waals surface area contributed by atoms with Crippen molar-refractivity contribution in [2.45, 2.75) is 30.3 Å². The fourth-order valence-electron chi connectivity index (χ4n) is 4.89. The number of rotatable bonds is 7. The van der Waals surface area contributed by atoms with Crippen molar-refractivity contribution in [2.75, 3.05) is 0 Å². The summed E-state index contributed by atoms with van der Waals surface area (Å²) in [5.74, 6) is -1.54. The molecule has 1 heterocycles. The molecule has 6 heteroatoms. The van der Waals surface area contributed by atoms with E-state index in [-0.39, 0.29) is 18.3 Å². The molecule has 0 spiro atoms. The van der Waals surface area contributed by atoms with Gasteiger partial charge in [0.15, 0.2) is 0 Å². The second kappa shape index (κ2) is 8.13. The monoisotopic (exact) mass is 429 g/mol. The molecule has 32 heavy (non-hydrogen) atoms. The number of hydrogen-bond acceptors (Lipinski definition) is 4. The Hall–Kier alpha value is -3.64. The lowest BCUT2D eigenvalue weighted by Gasteiger charge is -2.30. The van der Waals surface area contributed by atoms with E-state index in [4.69, 9.17) is 4.74 Å². The van der Waals surface area contributed by atoms with Crippen LogP contribution in [-0.2, 0) is 9.59 Å². The standard InChI is InChI=1S/C26H23NO5/c28-25(29)19(27-24-22(23(24)26(30)31)15-8-2-1-3-9-15)14-18-16-10-4-6-12-20(16)32-21-13-7-5-11-17(18)21/h1-13,18-19,22-24,27H,14H2,(H,28,29)(H,30,31). The highest BCUT2D eigenvalue weighted by Crippen LogP contribution is 2.49. The molecule has 0 aromatic heterocycles. The van der Waals surface area contributed by atoms with E-state index in [1.807, 2.05) is 78.9 Å². The van der Waals surface area contributed by atoms with Crippen LogP contribution in [0.5, 0.6) is 11.5 Å². The topological polar surface area (TPSA) is 95.9 Å². The minimum absolute atomic E-state index is 0.179. The quantitative estimate of drug-likeness (QED) is 0.520. The highest BCUT2D eigenvalue weighted by Gasteiger charge is 2.57. The molecule has 3 N–H and O–H groups in total. The predicted octanol–water partition coefficient (Wildman–Crippen LogP) is 4.22. The summed E-state index contributed by atoms with van der Waals surface area (Å²) in [5.41, 5.74) is 2.78. The van der Waals surface area contributed by atoms with Crippen LogP contribution in [0.15, 0.2) is 78.9 Å². The zero-order valence-electron chi connectivity index (χ0n) is 17.2. The summed E-state index contributed by atoms with van der Waals surface area (Å²) in [6.07, 6.45) is 0.289. The van der Waals surface area contributed by atoms with Crippen LogP contribution in [0.3, 0.4) is 0 Å². The van der Waals surface area contributed by atoms with Crippen molar-refractivity contribution < 1.29 is 24.5 Å². The molecule has 6 nitrogen and oxygen atoms in total. The lowest BCUT2D eigenvalue weighted by atomic mass is 9.83. The Labute approximate surface area is 185 Å². The molecule has 1 aliphatic carbocycles. The first-order chi connectivity index (χ1) is 15.5. The van der Waals surface area contributed by atoms with Crippen LogP contribution >= 0.6 is 0 Å². The maximum absolute atomic E-state index is 12.2. The highest BCUT2D eigenvalue weighted by molar-refractivity contribution is 5.79. The SMILES string of the molecule is O=C(O)C(CC1c2ccccc2Oc2ccccc21)NC1C(C(=O)O)C1c1ccccc1. The van der Waals surface area contributed by atoms with Crippen LogP contribution in [-0.4, -0.2) is 34.2 Å². The Kier molecular flexibility index (Phi) is 5.15. The molecule has 1 saturated carbocycles. The fourth-order valence-corrected chi connectivity index (χ4v) is 4.89. The van der Waals surface area contributed by atoms with Crippen molar-refractivity contribution in [3.63, 3.8) is 0 Å². The van der Waals surface area contributed by atoms with E-state index < -0.39 is 29.9 Å². The largest absolute Gasteiger partial charge is 0.481 e. The van der Waals surface area contributed by atoms with Gasteiger partial charge in [-0.3, -0.25) is 9.59 Å². The number of carboxylic acids is 2. The number of aliphatic carboxylic acids is 2. The molecule has 3 aromatic rings. The number of fused-ring (bicyclic) bond motifs is 2. The Morgan fingerprint density at radius 2 is 1.41 bits per heavy atom. The smallest absolute Gasteiger partial charge is 0.320 e. The van der Waals surface area contributed by atoms with Gasteiger partial charge < -0.3 is 20.3 Å². The summed E-state index contributed by atoms with van der Waals surface area (Å²) in [4.78, 5) is 24.1. The van der Waals surface area contributed by atoms with E-state index in [0.29, 0.717) is 0 Å². The summed E-state index contributed by atoms with van der Waals surface area (Å²) >= 11 is 0. The minimum Gasteiger partial charge on any atom is -0.481 e. The molecule has 0 radical (unpaired) electrons. The summed E-state index contributed by atoms with van der Waals surface area (Å²) in [5, 5.41) is 22.9. The van der Waals surface area contributed by atoms with Gasteiger partial charge in [-0.2, -0.15) is 0 Å². The summed E-state index contributed by atoms with van der Waals surface area (Å²) in [6.45, 7) is 0. The van der Waals surface area contributed by atoms with E-state index >= 15 is 0 Å². The maximum atomic E-state index is 12.2. The molecule has 0 amide bonds. The average molecular weight is 429 g/mol. The fraction of sp³-hybridized carbons (Fsp3) is 0.231. The van der Waals surface area contributed by atoms with Gasteiger partial charge in [-0.05, 0) is 24.1 Å². The number of hydrogen-bond donors (Lipinski definition) is 3. The van der Waals surface area contributed by atoms with Crippen molar-refractivity contribution in [3.8, 4) is 11.5 Å². The average Bonchev–Trinajstić information content (AvgIpc) is 3.53. The molecular weight excluding hydrogens is 406 g/mol. The van der Waals surface area contributed by atoms with E-state index in [2.05, 4.69) is 5.32 Å². The Balaban J connectivity index is 1.43. The third-order valence-electron chi connectivity index (χ3n) is 6.46. The van der Waals surface area contributed by atoms with Gasteiger partial charge in [0.05, 0.1) is 5.92 Å². The van der Waals surface area contributed by atoms with Crippen LogP contribution in [0, 0.1) is 5.92 Å². The Morgan fingerprint density at radius 1 is 0.844 bits per heavy atom. The Morgan fingerprint density at radius 3 is 1.97 bits per heavy atom. The first-order valence-electron chi connectivity index (χ1n) is 10.7. The van der Waals surface area contributed by atoms with E-state index in [1.54, 1.807) is 0 Å². The normalized spacial score (nSPS) is 22.2. The van der Waals surface area contributed by atoms with Gasteiger partial charge in [-0.1, -0.05) is 66.7 Å². The highest BCUT2D eigenvalue weighted by atomic mass is 16.5. The lowest BCUT2D eigenvalue weighted by molar-refractivity contribution is -0.141. The van der Waals surface area contributed by atoms with E-state index in [9.17, 15) is 19.8 Å². The number of para-hydroxylation sites is 2. The lowest BCUT2D eigenvalue weighted by Crippen LogP contribution is -2.41. The number of ether oxygens (including phenoxy) is 1. The molecule has 3 aromatic carbocycles. The van der Waals surface area contributed by atoms with Crippen molar-refractivity contribution >= 4 is 11.9 Å². The van der Waals surface area contributed by atoms with Crippen LogP contribution in [0.2, 0.25) is 0 Å². The van der Waals surface area contributed by atoms with Gasteiger partial charge in [-0.25, -0.2) is 0 Å². The first kappa shape index (κ1) is 20.3. The van der Waals surface area contributed by atoms with Crippen molar-refractivity contribution in [1.29, 1.82) is 0 Å². The van der Waals surface area contributed by atoms with Crippen molar-refractivity contribution in [3.05, 3.63) is 95.6 Å². The van der Waals surface area contributed by atoms with Crippen LogP contribution in [0.25, 0.3) is 0 Å². The third-order valence-corrected chi connectivity index (χ3v) is 6.46. The molecule has 1 fully saturated rings. The predicted molar refractivity (Wildman–Crippen MR) is 118 cm³/mol. The summed E-state index contributed by atoms with van der Waals surface area (Å²) in [6, 6.07) is 23.4. The molecule has 1 aliphatic heterocycles. The van der Waals surface area contributed by atoms with Crippen molar-refractivity contribution in [2.24, 2.45) is 5.92 Å². The third kappa shape index (κ3) is 3.63. The molecule has 5 rings (SSSR count). The maximum Gasteiger partial charge on any atom is 0.320 e. The van der Waals surface area contributed by atoms with Gasteiger partial charge in [0.1, 0.15) is 17.5 Å². The molecule has 0 bridgehead atoms. The zero-order valence-corrected chi connectivity index (χ0v) is 17.2. The molecule has 4 unspecified atom stereocenters. The van der Waals surface area contributed by atoms with E-state index in [0.717, 1.165) is 28.2 Å². The second-order valence-electron chi connectivity index (χ2n) is 8.35. The van der Waals surface area contributed by atoms with Gasteiger partial charge in [-0.15, -0.1) is 0 Å². The van der Waals surface area contributed by atoms with E-state index in [1.165, 1.54) is 0 Å². The van der Waals surface area contributed by atoms with Crippen LogP contribution < -0.4 is 10.1 Å². The first-order valence-corrected chi connectivity index (χ1v) is 10.7. The van der Waals surface area contributed by atoms with Crippen molar-refractivity contribution in [1.82, 2.24) is 5.32 Å². The van der Waals surface area contributed by atoms with Gasteiger partial charge in [0.25, 0.3) is 0 Å². The summed E-state index contributed by atoms with van der Waals surface area (Å²) < 4.78 is 6.02. The molecule has 2 aliphatic rings. The molecule has 4 atom stereocenters. The second-order valence-corrected chi connectivity index (χ2v) is 8.35. The molecular formula is C26H23NO5. The number of benzene rings is 3. The summed E-state index contributed by atoms with van der Waals surface area (Å²) in [7, 11) is 0. The number of carbonyl (C=O) groups is 2.